The number of amides is 1. The predicted octanol–water partition coefficient (Wildman–Crippen LogP) is 2.80. The summed E-state index contributed by atoms with van der Waals surface area (Å²) >= 11 is 4.49. The number of hydrogen-bond acceptors (Lipinski definition) is 5. The van der Waals surface area contributed by atoms with Crippen molar-refractivity contribution in [3.63, 3.8) is 0 Å². The van der Waals surface area contributed by atoms with Gasteiger partial charge in [0.2, 0.25) is 0 Å². The number of rotatable bonds is 5. The molecule has 0 aliphatic carbocycles. The third-order valence-corrected chi connectivity index (χ3v) is 8.17. The van der Waals surface area contributed by atoms with Crippen molar-refractivity contribution in [2.75, 3.05) is 33.3 Å². The van der Waals surface area contributed by atoms with E-state index in [9.17, 15) is 13.2 Å². The summed E-state index contributed by atoms with van der Waals surface area (Å²) < 4.78 is 32.9. The molecule has 6 nitrogen and oxygen atoms in total. The Morgan fingerprint density at radius 2 is 1.77 bits per heavy atom. The van der Waals surface area contributed by atoms with Gasteiger partial charge in [0.1, 0.15) is 4.21 Å². The third kappa shape index (κ3) is 4.17. The molecule has 2 heterocycles. The van der Waals surface area contributed by atoms with Crippen LogP contribution < -0.4 is 0 Å². The molecule has 0 atom stereocenters. The van der Waals surface area contributed by atoms with Crippen LogP contribution in [0.5, 0.6) is 0 Å². The lowest BCUT2D eigenvalue weighted by molar-refractivity contribution is 0.0698. The number of halogens is 1. The zero-order valence-electron chi connectivity index (χ0n) is 14.2. The first kappa shape index (κ1) is 19.5. The molecule has 1 aliphatic rings. The SMILES string of the molecule is COCc1ccc(C(=O)N2CCN(S(=O)(=O)c3ccc(Br)s3)CC2)cc1. The molecule has 0 spiro atoms. The van der Waals surface area contributed by atoms with Gasteiger partial charge >= 0.3 is 0 Å². The molecular formula is C17H19BrN2O4S2. The first-order valence-electron chi connectivity index (χ1n) is 8.04. The molecule has 0 bridgehead atoms. The average molecular weight is 459 g/mol. The molecule has 1 saturated heterocycles. The van der Waals surface area contributed by atoms with E-state index in [1.807, 2.05) is 12.1 Å². The molecule has 1 amide bonds. The minimum atomic E-state index is -3.50. The molecule has 2 aromatic rings. The number of thiophene rings is 1. The van der Waals surface area contributed by atoms with Crippen LogP contribution in [0.3, 0.4) is 0 Å². The molecule has 0 unspecified atom stereocenters. The summed E-state index contributed by atoms with van der Waals surface area (Å²) in [5, 5.41) is 0. The van der Waals surface area contributed by atoms with Gasteiger partial charge in [-0.15, -0.1) is 11.3 Å². The Hall–Kier alpha value is -1.26. The predicted molar refractivity (Wildman–Crippen MR) is 104 cm³/mol. The fraction of sp³-hybridized carbons (Fsp3) is 0.353. The van der Waals surface area contributed by atoms with E-state index in [4.69, 9.17) is 4.74 Å². The van der Waals surface area contributed by atoms with Crippen molar-refractivity contribution in [2.24, 2.45) is 0 Å². The molecule has 1 aromatic heterocycles. The van der Waals surface area contributed by atoms with E-state index in [1.165, 1.54) is 15.6 Å². The van der Waals surface area contributed by atoms with E-state index in [-0.39, 0.29) is 5.91 Å². The van der Waals surface area contributed by atoms with Crippen LogP contribution in [0.2, 0.25) is 0 Å². The van der Waals surface area contributed by atoms with E-state index < -0.39 is 10.0 Å². The van der Waals surface area contributed by atoms with Crippen LogP contribution in [0.4, 0.5) is 0 Å². The quantitative estimate of drug-likeness (QED) is 0.690. The van der Waals surface area contributed by atoms with Crippen molar-refractivity contribution < 1.29 is 17.9 Å². The minimum Gasteiger partial charge on any atom is -0.380 e. The highest BCUT2D eigenvalue weighted by Gasteiger charge is 2.31. The maximum Gasteiger partial charge on any atom is 0.253 e. The number of methoxy groups -OCH3 is 1. The van der Waals surface area contributed by atoms with Gasteiger partial charge in [-0.25, -0.2) is 8.42 Å². The Kier molecular flexibility index (Phi) is 6.13. The number of nitrogens with zero attached hydrogens (tertiary/aromatic N) is 2. The molecule has 0 N–H and O–H groups in total. The lowest BCUT2D eigenvalue weighted by Gasteiger charge is -2.33. The van der Waals surface area contributed by atoms with Crippen LogP contribution in [0.25, 0.3) is 0 Å². The van der Waals surface area contributed by atoms with Crippen LogP contribution in [-0.2, 0) is 21.4 Å². The van der Waals surface area contributed by atoms with Crippen molar-refractivity contribution in [1.82, 2.24) is 9.21 Å². The summed E-state index contributed by atoms with van der Waals surface area (Å²) in [5.41, 5.74) is 1.60. The topological polar surface area (TPSA) is 66.9 Å². The van der Waals surface area contributed by atoms with Crippen LogP contribution in [0.1, 0.15) is 15.9 Å². The lowest BCUT2D eigenvalue weighted by atomic mass is 10.1. The fourth-order valence-electron chi connectivity index (χ4n) is 2.79. The normalized spacial score (nSPS) is 16.0. The molecule has 9 heteroatoms. The number of piperazine rings is 1. The van der Waals surface area contributed by atoms with Gasteiger partial charge in [-0.2, -0.15) is 4.31 Å². The zero-order chi connectivity index (χ0) is 18.7. The van der Waals surface area contributed by atoms with Crippen LogP contribution >= 0.6 is 27.3 Å². The van der Waals surface area contributed by atoms with E-state index in [1.54, 1.807) is 36.3 Å². The molecule has 140 valence electrons. The highest BCUT2D eigenvalue weighted by atomic mass is 79.9. The molecule has 0 saturated carbocycles. The van der Waals surface area contributed by atoms with Gasteiger partial charge < -0.3 is 9.64 Å². The zero-order valence-corrected chi connectivity index (χ0v) is 17.4. The molecule has 1 aliphatic heterocycles. The number of sulfonamides is 1. The largest absolute Gasteiger partial charge is 0.380 e. The van der Waals surface area contributed by atoms with E-state index in [0.717, 1.165) is 9.35 Å². The van der Waals surface area contributed by atoms with Gasteiger partial charge in [-0.3, -0.25) is 4.79 Å². The molecular weight excluding hydrogens is 440 g/mol. The average Bonchev–Trinajstić information content (AvgIpc) is 3.09. The maximum absolute atomic E-state index is 12.6. The van der Waals surface area contributed by atoms with Gasteiger partial charge in [-0.05, 0) is 45.8 Å². The first-order chi connectivity index (χ1) is 12.4. The Labute approximate surface area is 165 Å². The maximum atomic E-state index is 12.6. The minimum absolute atomic E-state index is 0.0788. The Morgan fingerprint density at radius 1 is 1.12 bits per heavy atom. The van der Waals surface area contributed by atoms with Crippen molar-refractivity contribution in [1.29, 1.82) is 0 Å². The van der Waals surface area contributed by atoms with Crippen LogP contribution in [-0.4, -0.2) is 56.8 Å². The third-order valence-electron chi connectivity index (χ3n) is 4.18. The van der Waals surface area contributed by atoms with E-state index in [0.29, 0.717) is 42.6 Å². The number of benzene rings is 1. The number of carbonyl (C=O) groups is 1. The molecule has 3 rings (SSSR count). The van der Waals surface area contributed by atoms with Crippen molar-refractivity contribution in [3.8, 4) is 0 Å². The smallest absolute Gasteiger partial charge is 0.253 e. The Bertz CT molecular complexity index is 872. The molecule has 26 heavy (non-hydrogen) atoms. The van der Waals surface area contributed by atoms with E-state index in [2.05, 4.69) is 15.9 Å². The monoisotopic (exact) mass is 458 g/mol. The molecule has 1 aromatic carbocycles. The van der Waals surface area contributed by atoms with Crippen LogP contribution in [0.15, 0.2) is 44.4 Å². The summed E-state index contributed by atoms with van der Waals surface area (Å²) in [6, 6.07) is 10.6. The molecule has 0 radical (unpaired) electrons. The fourth-order valence-corrected chi connectivity index (χ4v) is 6.37. The second-order valence-corrected chi connectivity index (χ2v) is 10.5. The van der Waals surface area contributed by atoms with Gasteiger partial charge in [0.15, 0.2) is 0 Å². The summed E-state index contributed by atoms with van der Waals surface area (Å²) in [7, 11) is -1.87. The van der Waals surface area contributed by atoms with Gasteiger partial charge in [0.25, 0.3) is 15.9 Å². The molecule has 1 fully saturated rings. The Balaban J connectivity index is 1.63. The summed E-state index contributed by atoms with van der Waals surface area (Å²) in [4.78, 5) is 14.3. The Morgan fingerprint density at radius 3 is 2.31 bits per heavy atom. The summed E-state index contributed by atoms with van der Waals surface area (Å²) in [6.07, 6.45) is 0. The van der Waals surface area contributed by atoms with Crippen molar-refractivity contribution >= 4 is 43.2 Å². The van der Waals surface area contributed by atoms with E-state index >= 15 is 0 Å². The first-order valence-corrected chi connectivity index (χ1v) is 11.1. The highest BCUT2D eigenvalue weighted by Crippen LogP contribution is 2.29. The lowest BCUT2D eigenvalue weighted by Crippen LogP contribution is -2.50. The van der Waals surface area contributed by atoms with Gasteiger partial charge in [-0.1, -0.05) is 12.1 Å². The second-order valence-electron chi connectivity index (χ2n) is 5.88. The van der Waals surface area contributed by atoms with Crippen LogP contribution in [0, 0.1) is 0 Å². The van der Waals surface area contributed by atoms with Gasteiger partial charge in [0, 0.05) is 38.9 Å². The number of ether oxygens (including phenoxy) is 1. The summed E-state index contributed by atoms with van der Waals surface area (Å²) in [6.45, 7) is 1.86. The van der Waals surface area contributed by atoms with Crippen molar-refractivity contribution in [2.45, 2.75) is 10.8 Å². The summed E-state index contributed by atoms with van der Waals surface area (Å²) in [5.74, 6) is -0.0788. The van der Waals surface area contributed by atoms with Crippen molar-refractivity contribution in [3.05, 3.63) is 51.3 Å². The second kappa shape index (κ2) is 8.18. The highest BCUT2D eigenvalue weighted by molar-refractivity contribution is 9.11. The van der Waals surface area contributed by atoms with Gasteiger partial charge in [0.05, 0.1) is 10.4 Å². The standard InChI is InChI=1S/C17H19BrN2O4S2/c1-24-12-13-2-4-14(5-3-13)17(21)19-8-10-20(11-9-19)26(22,23)16-7-6-15(18)25-16/h2-7H,8-12H2,1H3. The number of carbonyl (C=O) groups excluding carboxylic acids is 1. The number of hydrogen-bond donors (Lipinski definition) is 0.